The van der Waals surface area contributed by atoms with Crippen molar-refractivity contribution in [2.24, 2.45) is 0 Å². The van der Waals surface area contributed by atoms with Gasteiger partial charge >= 0.3 is 0 Å². The van der Waals surface area contributed by atoms with Gasteiger partial charge in [0.25, 0.3) is 0 Å². The predicted molar refractivity (Wildman–Crippen MR) is 95.9 cm³/mol. The maximum Gasteiger partial charge on any atom is 0.160 e. The van der Waals surface area contributed by atoms with Gasteiger partial charge in [-0.3, -0.25) is 0 Å². The van der Waals surface area contributed by atoms with Crippen molar-refractivity contribution in [3.63, 3.8) is 0 Å². The normalized spacial score (nSPS) is 10.7. The fourth-order valence-corrected chi connectivity index (χ4v) is 3.09. The molecule has 3 rings (SSSR count). The van der Waals surface area contributed by atoms with Crippen LogP contribution in [-0.2, 0) is 6.42 Å². The van der Waals surface area contributed by atoms with Gasteiger partial charge in [-0.2, -0.15) is 0 Å². The number of ether oxygens (including phenoxy) is 1. The maximum atomic E-state index is 5.23. The van der Waals surface area contributed by atoms with Gasteiger partial charge in [0, 0.05) is 11.3 Å². The van der Waals surface area contributed by atoms with Crippen LogP contribution in [0.15, 0.2) is 47.8 Å². The zero-order chi connectivity index (χ0) is 16.1. The fraction of sp³-hybridized carbons (Fsp3) is 0.263. The Bertz CT molecular complexity index is 752. The molecule has 0 fully saturated rings. The lowest BCUT2D eigenvalue weighted by Crippen LogP contribution is -1.98. The third-order valence-electron chi connectivity index (χ3n) is 3.69. The molecule has 2 heterocycles. The average Bonchev–Trinajstić information content (AvgIpc) is 3.14. The minimum absolute atomic E-state index is 0.782. The lowest BCUT2D eigenvalue weighted by molar-refractivity contribution is 0.415. The summed E-state index contributed by atoms with van der Waals surface area (Å²) in [7, 11) is 1.67. The van der Waals surface area contributed by atoms with Crippen LogP contribution < -0.4 is 4.74 Å². The SMILES string of the molecule is CCCCc1cc(-c2cccs2)nc(-c2ccc(OC)cc2)n1. The summed E-state index contributed by atoms with van der Waals surface area (Å²) in [6.07, 6.45) is 3.29. The molecular formula is C19H20N2OS. The highest BCUT2D eigenvalue weighted by Gasteiger charge is 2.09. The highest BCUT2D eigenvalue weighted by Crippen LogP contribution is 2.27. The highest BCUT2D eigenvalue weighted by molar-refractivity contribution is 7.13. The Hall–Kier alpha value is -2.20. The zero-order valence-electron chi connectivity index (χ0n) is 13.5. The number of aromatic nitrogens is 2. The summed E-state index contributed by atoms with van der Waals surface area (Å²) in [5.74, 6) is 1.62. The first-order valence-corrected chi connectivity index (χ1v) is 8.74. The number of benzene rings is 1. The van der Waals surface area contributed by atoms with Crippen molar-refractivity contribution >= 4 is 11.3 Å². The summed E-state index contributed by atoms with van der Waals surface area (Å²) >= 11 is 1.71. The molecule has 0 atom stereocenters. The number of rotatable bonds is 6. The molecule has 0 aliphatic carbocycles. The second-order valence-electron chi connectivity index (χ2n) is 5.38. The number of aryl methyl sites for hydroxylation is 1. The van der Waals surface area contributed by atoms with Gasteiger partial charge in [-0.1, -0.05) is 19.4 Å². The summed E-state index contributed by atoms with van der Waals surface area (Å²) < 4.78 is 5.23. The molecule has 0 saturated heterocycles. The Morgan fingerprint density at radius 3 is 2.57 bits per heavy atom. The van der Waals surface area contributed by atoms with Gasteiger partial charge in [0.2, 0.25) is 0 Å². The summed E-state index contributed by atoms with van der Waals surface area (Å²) in [4.78, 5) is 10.7. The van der Waals surface area contributed by atoms with Crippen LogP contribution in [-0.4, -0.2) is 17.1 Å². The van der Waals surface area contributed by atoms with E-state index in [2.05, 4.69) is 30.5 Å². The molecule has 0 saturated carbocycles. The summed E-state index contributed by atoms with van der Waals surface area (Å²) in [5, 5.41) is 2.08. The Balaban J connectivity index is 2.01. The summed E-state index contributed by atoms with van der Waals surface area (Å²) in [6, 6.07) is 14.2. The third-order valence-corrected chi connectivity index (χ3v) is 4.58. The quantitative estimate of drug-likeness (QED) is 0.623. The van der Waals surface area contributed by atoms with E-state index >= 15 is 0 Å². The molecule has 1 aromatic carbocycles. The molecular weight excluding hydrogens is 304 g/mol. The van der Waals surface area contributed by atoms with Gasteiger partial charge in [-0.15, -0.1) is 11.3 Å². The van der Waals surface area contributed by atoms with Gasteiger partial charge in [0.1, 0.15) is 5.75 Å². The lowest BCUT2D eigenvalue weighted by atomic mass is 10.1. The Kier molecular flexibility index (Phi) is 5.03. The number of hydrogen-bond acceptors (Lipinski definition) is 4. The van der Waals surface area contributed by atoms with Gasteiger partial charge in [0.15, 0.2) is 5.82 Å². The van der Waals surface area contributed by atoms with Crippen LogP contribution in [0, 0.1) is 0 Å². The monoisotopic (exact) mass is 324 g/mol. The van der Waals surface area contributed by atoms with E-state index < -0.39 is 0 Å². The van der Waals surface area contributed by atoms with Crippen molar-refractivity contribution in [1.29, 1.82) is 0 Å². The number of hydrogen-bond donors (Lipinski definition) is 0. The number of nitrogens with zero attached hydrogens (tertiary/aromatic N) is 2. The van der Waals surface area contributed by atoms with Gasteiger partial charge < -0.3 is 4.74 Å². The molecule has 0 unspecified atom stereocenters. The van der Waals surface area contributed by atoms with E-state index in [4.69, 9.17) is 14.7 Å². The molecule has 0 aliphatic rings. The Morgan fingerprint density at radius 2 is 1.91 bits per heavy atom. The van der Waals surface area contributed by atoms with Crippen LogP contribution in [0.4, 0.5) is 0 Å². The van der Waals surface area contributed by atoms with Crippen molar-refractivity contribution in [3.8, 4) is 27.7 Å². The minimum atomic E-state index is 0.782. The van der Waals surface area contributed by atoms with Crippen molar-refractivity contribution in [2.75, 3.05) is 7.11 Å². The number of thiophene rings is 1. The van der Waals surface area contributed by atoms with E-state index in [1.54, 1.807) is 18.4 Å². The van der Waals surface area contributed by atoms with Crippen LogP contribution >= 0.6 is 11.3 Å². The molecule has 0 N–H and O–H groups in total. The van der Waals surface area contributed by atoms with Gasteiger partial charge in [0.05, 0.1) is 17.7 Å². The van der Waals surface area contributed by atoms with E-state index in [0.717, 1.165) is 47.8 Å². The topological polar surface area (TPSA) is 35.0 Å². The second-order valence-corrected chi connectivity index (χ2v) is 6.33. The van der Waals surface area contributed by atoms with Crippen LogP contribution in [0.1, 0.15) is 25.5 Å². The molecule has 4 heteroatoms. The van der Waals surface area contributed by atoms with E-state index in [-0.39, 0.29) is 0 Å². The second kappa shape index (κ2) is 7.38. The molecule has 3 aromatic rings. The maximum absolute atomic E-state index is 5.23. The van der Waals surface area contributed by atoms with Gasteiger partial charge in [-0.05, 0) is 54.6 Å². The van der Waals surface area contributed by atoms with Crippen LogP contribution in [0.2, 0.25) is 0 Å². The number of unbranched alkanes of at least 4 members (excludes halogenated alkanes) is 1. The predicted octanol–water partition coefficient (Wildman–Crippen LogP) is 5.22. The van der Waals surface area contributed by atoms with E-state index in [1.807, 2.05) is 24.3 Å². The van der Waals surface area contributed by atoms with Crippen LogP contribution in [0.5, 0.6) is 5.75 Å². The van der Waals surface area contributed by atoms with E-state index in [1.165, 1.54) is 4.88 Å². The highest BCUT2D eigenvalue weighted by atomic mass is 32.1. The third kappa shape index (κ3) is 3.77. The smallest absolute Gasteiger partial charge is 0.160 e. The van der Waals surface area contributed by atoms with Crippen molar-refractivity contribution in [1.82, 2.24) is 9.97 Å². The molecule has 0 bridgehead atoms. The fourth-order valence-electron chi connectivity index (χ4n) is 2.40. The van der Waals surface area contributed by atoms with Crippen molar-refractivity contribution in [3.05, 3.63) is 53.5 Å². The first kappa shape index (κ1) is 15.7. The summed E-state index contributed by atoms with van der Waals surface area (Å²) in [6.45, 7) is 2.20. The Morgan fingerprint density at radius 1 is 1.09 bits per heavy atom. The molecule has 0 radical (unpaired) electrons. The van der Waals surface area contributed by atoms with E-state index in [0.29, 0.717) is 0 Å². The summed E-state index contributed by atoms with van der Waals surface area (Å²) in [5.41, 5.74) is 3.13. The molecule has 2 aromatic heterocycles. The Labute approximate surface area is 141 Å². The lowest BCUT2D eigenvalue weighted by Gasteiger charge is -2.08. The molecule has 3 nitrogen and oxygen atoms in total. The zero-order valence-corrected chi connectivity index (χ0v) is 14.3. The molecule has 23 heavy (non-hydrogen) atoms. The molecule has 0 spiro atoms. The first-order valence-electron chi connectivity index (χ1n) is 7.86. The van der Waals surface area contributed by atoms with Crippen molar-refractivity contribution in [2.45, 2.75) is 26.2 Å². The molecule has 0 amide bonds. The molecule has 118 valence electrons. The molecule has 0 aliphatic heterocycles. The van der Waals surface area contributed by atoms with Crippen LogP contribution in [0.25, 0.3) is 22.0 Å². The number of methoxy groups -OCH3 is 1. The van der Waals surface area contributed by atoms with Gasteiger partial charge in [-0.25, -0.2) is 9.97 Å². The minimum Gasteiger partial charge on any atom is -0.497 e. The average molecular weight is 324 g/mol. The first-order chi connectivity index (χ1) is 11.3. The standard InChI is InChI=1S/C19H20N2OS/c1-3-4-6-15-13-17(18-7-5-12-23-18)21-19(20-15)14-8-10-16(22-2)11-9-14/h5,7-13H,3-4,6H2,1-2H3. The van der Waals surface area contributed by atoms with Crippen molar-refractivity contribution < 1.29 is 4.74 Å². The van der Waals surface area contributed by atoms with Crippen LogP contribution in [0.3, 0.4) is 0 Å². The largest absolute Gasteiger partial charge is 0.497 e. The van der Waals surface area contributed by atoms with E-state index in [9.17, 15) is 0 Å².